The monoisotopic (exact) mass is 296 g/mol. The normalized spacial score (nSPS) is 24.6. The van der Waals surface area contributed by atoms with Crippen molar-refractivity contribution in [1.82, 2.24) is 20.0 Å². The molecule has 2 unspecified atom stereocenters. The second-order valence-corrected chi connectivity index (χ2v) is 5.08. The lowest BCUT2D eigenvalue weighted by Gasteiger charge is -2.39. The fraction of sp³-hybridized carbons (Fsp3) is 0.667. The van der Waals surface area contributed by atoms with E-state index in [1.165, 1.54) is 18.3 Å². The molecule has 9 heteroatoms. The van der Waals surface area contributed by atoms with Crippen molar-refractivity contribution >= 4 is 24.2 Å². The molecule has 2 atom stereocenters. The van der Waals surface area contributed by atoms with E-state index in [1.807, 2.05) is 0 Å². The van der Waals surface area contributed by atoms with Crippen LogP contribution in [0.15, 0.2) is 4.99 Å². The molecule has 0 aromatic rings. The molecule has 2 aliphatic rings. The van der Waals surface area contributed by atoms with E-state index < -0.39 is 18.2 Å². The molecule has 0 aromatic heterocycles. The fourth-order valence-corrected chi connectivity index (χ4v) is 2.39. The molecule has 9 nitrogen and oxygen atoms in total. The van der Waals surface area contributed by atoms with Crippen LogP contribution in [0, 0.1) is 0 Å². The maximum atomic E-state index is 12.2. The van der Waals surface area contributed by atoms with E-state index in [-0.39, 0.29) is 18.4 Å². The third-order valence-corrected chi connectivity index (χ3v) is 3.61. The minimum Gasteiger partial charge on any atom is -0.355 e. The predicted octanol–water partition coefficient (Wildman–Crippen LogP) is -1.99. The van der Waals surface area contributed by atoms with Crippen LogP contribution >= 0.6 is 0 Å². The van der Waals surface area contributed by atoms with Crippen LogP contribution in [0.3, 0.4) is 0 Å². The first-order valence-electron chi connectivity index (χ1n) is 6.77. The average Bonchev–Trinajstić information content (AvgIpc) is 2.87. The Morgan fingerprint density at radius 1 is 1.43 bits per heavy atom. The molecule has 1 saturated heterocycles. The molecule has 2 aliphatic heterocycles. The van der Waals surface area contributed by atoms with Gasteiger partial charge in [-0.05, 0) is 13.0 Å². The van der Waals surface area contributed by atoms with Gasteiger partial charge >= 0.3 is 6.03 Å². The van der Waals surface area contributed by atoms with E-state index in [0.29, 0.717) is 19.5 Å². The van der Waals surface area contributed by atoms with Crippen LogP contribution < -0.4 is 11.1 Å². The number of hydrogen-bond donors (Lipinski definition) is 2. The number of hydrogen-bond acceptors (Lipinski definition) is 6. The molecule has 4 amide bonds. The number of aliphatic imine (C=N–C) groups is 1. The summed E-state index contributed by atoms with van der Waals surface area (Å²) in [6.07, 6.45) is 1.58. The summed E-state index contributed by atoms with van der Waals surface area (Å²) in [7, 11) is 3.01. The number of amides is 4. The van der Waals surface area contributed by atoms with Crippen molar-refractivity contribution in [2.75, 3.05) is 33.7 Å². The van der Waals surface area contributed by atoms with Gasteiger partial charge in [0, 0.05) is 20.6 Å². The number of carbonyl (C=O) groups excluding carboxylic acids is 3. The van der Waals surface area contributed by atoms with Crippen molar-refractivity contribution in [3.05, 3.63) is 0 Å². The van der Waals surface area contributed by atoms with E-state index in [9.17, 15) is 14.4 Å². The quantitative estimate of drug-likeness (QED) is 0.571. The highest BCUT2D eigenvalue weighted by molar-refractivity contribution is 6.02. The topological polar surface area (TPSA) is 111 Å². The highest BCUT2D eigenvalue weighted by atomic mass is 16.2. The molecule has 116 valence electrons. The summed E-state index contributed by atoms with van der Waals surface area (Å²) in [6, 6.07) is -1.04. The third kappa shape index (κ3) is 2.82. The Bertz CT molecular complexity index is 480. The zero-order chi connectivity index (χ0) is 15.6. The molecule has 0 saturated carbocycles. The van der Waals surface area contributed by atoms with Crippen LogP contribution in [0.25, 0.3) is 0 Å². The van der Waals surface area contributed by atoms with Crippen molar-refractivity contribution in [3.8, 4) is 0 Å². The standard InChI is InChI=1S/C12H20N6O3/c1-16-10-9(11(20)17(2)12(16)21)18(7-15-10)6-8(19)14-5-3-4-13/h7,9-10H,3-6,13H2,1-2H3,(H,14,19). The molecular weight excluding hydrogens is 276 g/mol. The largest absolute Gasteiger partial charge is 0.355 e. The minimum atomic E-state index is -0.641. The second-order valence-electron chi connectivity index (χ2n) is 5.08. The summed E-state index contributed by atoms with van der Waals surface area (Å²) in [4.78, 5) is 44.0. The van der Waals surface area contributed by atoms with E-state index in [1.54, 1.807) is 11.9 Å². The van der Waals surface area contributed by atoms with Gasteiger partial charge in [0.25, 0.3) is 5.91 Å². The molecule has 2 rings (SSSR count). The lowest BCUT2D eigenvalue weighted by molar-refractivity contribution is -0.136. The number of nitrogens with one attached hydrogen (secondary N) is 1. The Morgan fingerprint density at radius 2 is 2.14 bits per heavy atom. The molecule has 1 fully saturated rings. The molecule has 0 radical (unpaired) electrons. The van der Waals surface area contributed by atoms with Gasteiger partial charge in [-0.15, -0.1) is 0 Å². The number of rotatable bonds is 5. The number of likely N-dealkylation sites (N-methyl/N-ethyl adjacent to an activating group) is 2. The van der Waals surface area contributed by atoms with Crippen LogP contribution in [0.5, 0.6) is 0 Å². The Labute approximate surface area is 122 Å². The van der Waals surface area contributed by atoms with E-state index in [2.05, 4.69) is 10.3 Å². The van der Waals surface area contributed by atoms with Gasteiger partial charge in [0.2, 0.25) is 5.91 Å². The van der Waals surface area contributed by atoms with Crippen molar-refractivity contribution in [2.24, 2.45) is 10.7 Å². The predicted molar refractivity (Wildman–Crippen MR) is 75.4 cm³/mol. The molecule has 0 bridgehead atoms. The Kier molecular flexibility index (Phi) is 4.41. The van der Waals surface area contributed by atoms with Gasteiger partial charge in [-0.2, -0.15) is 0 Å². The van der Waals surface area contributed by atoms with Gasteiger partial charge in [0.1, 0.15) is 0 Å². The van der Waals surface area contributed by atoms with Gasteiger partial charge in [-0.25, -0.2) is 9.79 Å². The summed E-state index contributed by atoms with van der Waals surface area (Å²) in [6.45, 7) is 1.03. The fourth-order valence-electron chi connectivity index (χ4n) is 2.39. The van der Waals surface area contributed by atoms with Crippen LogP contribution in [0.2, 0.25) is 0 Å². The van der Waals surface area contributed by atoms with Crippen LogP contribution in [-0.2, 0) is 9.59 Å². The lowest BCUT2D eigenvalue weighted by atomic mass is 10.1. The zero-order valence-corrected chi connectivity index (χ0v) is 12.2. The zero-order valence-electron chi connectivity index (χ0n) is 12.2. The minimum absolute atomic E-state index is 0.0247. The van der Waals surface area contributed by atoms with Crippen molar-refractivity contribution in [3.63, 3.8) is 0 Å². The number of nitrogens with two attached hydrogens (primary N) is 1. The van der Waals surface area contributed by atoms with Gasteiger partial charge in [-0.3, -0.25) is 14.5 Å². The first kappa shape index (κ1) is 15.2. The summed E-state index contributed by atoms with van der Waals surface area (Å²) >= 11 is 0. The molecule has 0 aliphatic carbocycles. The maximum Gasteiger partial charge on any atom is 0.328 e. The van der Waals surface area contributed by atoms with Crippen molar-refractivity contribution < 1.29 is 14.4 Å². The summed E-state index contributed by atoms with van der Waals surface area (Å²) in [5, 5.41) is 2.72. The van der Waals surface area contributed by atoms with E-state index >= 15 is 0 Å². The maximum absolute atomic E-state index is 12.2. The van der Waals surface area contributed by atoms with Crippen LogP contribution in [0.1, 0.15) is 6.42 Å². The highest BCUT2D eigenvalue weighted by Crippen LogP contribution is 2.23. The third-order valence-electron chi connectivity index (χ3n) is 3.61. The molecular formula is C12H20N6O3. The number of carbonyl (C=O) groups is 3. The molecule has 0 aromatic carbocycles. The Morgan fingerprint density at radius 3 is 2.81 bits per heavy atom. The summed E-state index contributed by atoms with van der Waals surface area (Å²) in [5.41, 5.74) is 5.36. The van der Waals surface area contributed by atoms with E-state index in [0.717, 1.165) is 4.90 Å². The van der Waals surface area contributed by atoms with Gasteiger partial charge < -0.3 is 20.9 Å². The SMILES string of the molecule is CN1C(=O)C2C(N=CN2CC(=O)NCCCN)N(C)C1=O. The number of fused-ring (bicyclic) bond motifs is 1. The Hall–Kier alpha value is -2.16. The first-order chi connectivity index (χ1) is 9.97. The van der Waals surface area contributed by atoms with Crippen molar-refractivity contribution in [2.45, 2.75) is 18.6 Å². The average molecular weight is 296 g/mol. The van der Waals surface area contributed by atoms with E-state index in [4.69, 9.17) is 5.73 Å². The summed E-state index contributed by atoms with van der Waals surface area (Å²) in [5.74, 6) is -0.555. The lowest BCUT2D eigenvalue weighted by Crippen LogP contribution is -2.64. The Balaban J connectivity index is 2.00. The molecule has 2 heterocycles. The summed E-state index contributed by atoms with van der Waals surface area (Å²) < 4.78 is 0. The molecule has 21 heavy (non-hydrogen) atoms. The molecule has 0 spiro atoms. The van der Waals surface area contributed by atoms with Crippen LogP contribution in [0.4, 0.5) is 4.79 Å². The van der Waals surface area contributed by atoms with Crippen LogP contribution in [-0.4, -0.2) is 84.8 Å². The van der Waals surface area contributed by atoms with Gasteiger partial charge in [-0.1, -0.05) is 0 Å². The molecule has 3 N–H and O–H groups in total. The number of nitrogens with zero attached hydrogens (tertiary/aromatic N) is 4. The number of urea groups is 1. The number of imide groups is 1. The van der Waals surface area contributed by atoms with Crippen molar-refractivity contribution in [1.29, 1.82) is 0 Å². The highest BCUT2D eigenvalue weighted by Gasteiger charge is 2.48. The second kappa shape index (κ2) is 6.08. The van der Waals surface area contributed by atoms with Gasteiger partial charge in [0.05, 0.1) is 12.9 Å². The van der Waals surface area contributed by atoms with Gasteiger partial charge in [0.15, 0.2) is 12.2 Å². The first-order valence-corrected chi connectivity index (χ1v) is 6.77. The smallest absolute Gasteiger partial charge is 0.328 e.